The normalized spacial score (nSPS) is 12.5. The van der Waals surface area contributed by atoms with Gasteiger partial charge in [0.2, 0.25) is 0 Å². The molecule has 1 aromatic heterocycles. The van der Waals surface area contributed by atoms with Gasteiger partial charge in [-0.2, -0.15) is 0 Å². The highest BCUT2D eigenvalue weighted by Crippen LogP contribution is 2.50. The summed E-state index contributed by atoms with van der Waals surface area (Å²) < 4.78 is 2.42. The van der Waals surface area contributed by atoms with Crippen molar-refractivity contribution in [2.45, 2.75) is 33.1 Å². The fourth-order valence-corrected chi connectivity index (χ4v) is 11.4. The Kier molecular flexibility index (Phi) is 10.7. The van der Waals surface area contributed by atoms with E-state index in [-0.39, 0.29) is 5.41 Å². The molecule has 2 heteroatoms. The number of aromatic nitrogens is 1. The lowest BCUT2D eigenvalue weighted by atomic mass is 9.81. The van der Waals surface area contributed by atoms with Crippen molar-refractivity contribution in [3.8, 4) is 72.4 Å². The summed E-state index contributed by atoms with van der Waals surface area (Å²) in [5.74, 6) is 0. The Hall–Kier alpha value is -8.98. The monoisotopic (exact) mass is 934 g/mol. The van der Waals surface area contributed by atoms with Gasteiger partial charge in [0.05, 0.1) is 11.0 Å². The summed E-state index contributed by atoms with van der Waals surface area (Å²) in [6, 6.07) is 94.0. The third-order valence-electron chi connectivity index (χ3n) is 15.3. The molecule has 0 amide bonds. The van der Waals surface area contributed by atoms with E-state index in [2.05, 4.69) is 292 Å². The van der Waals surface area contributed by atoms with Crippen molar-refractivity contribution in [3.05, 3.63) is 277 Å². The van der Waals surface area contributed by atoms with E-state index in [0.29, 0.717) is 0 Å². The minimum absolute atomic E-state index is 0.0503. The van der Waals surface area contributed by atoms with E-state index in [4.69, 9.17) is 0 Å². The molecule has 1 aliphatic carbocycles. The molecular formula is C71H54N2. The second-order valence-corrected chi connectivity index (χ2v) is 20.4. The van der Waals surface area contributed by atoms with E-state index in [9.17, 15) is 0 Å². The van der Waals surface area contributed by atoms with Gasteiger partial charge >= 0.3 is 0 Å². The molecule has 73 heavy (non-hydrogen) atoms. The summed E-state index contributed by atoms with van der Waals surface area (Å²) in [5.41, 5.74) is 26.9. The molecule has 0 saturated heterocycles. The minimum atomic E-state index is -0.0503. The molecule has 0 fully saturated rings. The molecule has 0 saturated carbocycles. The van der Waals surface area contributed by atoms with Gasteiger partial charge in [0, 0.05) is 38.9 Å². The molecule has 0 N–H and O–H groups in total. The molecule has 0 bridgehead atoms. The Labute approximate surface area is 428 Å². The van der Waals surface area contributed by atoms with E-state index < -0.39 is 0 Å². The maximum absolute atomic E-state index is 2.42. The van der Waals surface area contributed by atoms with Crippen molar-refractivity contribution in [3.63, 3.8) is 0 Å². The van der Waals surface area contributed by atoms with Crippen molar-refractivity contribution in [1.82, 2.24) is 4.57 Å². The van der Waals surface area contributed by atoms with Crippen LogP contribution >= 0.6 is 0 Å². The molecule has 13 rings (SSSR count). The number of fused-ring (bicyclic) bond motifs is 6. The summed E-state index contributed by atoms with van der Waals surface area (Å²) >= 11 is 0. The number of para-hydroxylation sites is 1. The first kappa shape index (κ1) is 44.0. The second-order valence-electron chi connectivity index (χ2n) is 20.4. The fourth-order valence-electron chi connectivity index (χ4n) is 11.4. The van der Waals surface area contributed by atoms with Gasteiger partial charge in [0.15, 0.2) is 0 Å². The van der Waals surface area contributed by atoms with Gasteiger partial charge in [-0.3, -0.25) is 0 Å². The molecule has 11 aromatic carbocycles. The van der Waals surface area contributed by atoms with Gasteiger partial charge in [-0.05, 0) is 177 Å². The number of benzene rings is 11. The largest absolute Gasteiger partial charge is 0.311 e. The van der Waals surface area contributed by atoms with Crippen LogP contribution in [0.3, 0.4) is 0 Å². The van der Waals surface area contributed by atoms with E-state index in [1.807, 2.05) is 0 Å². The standard InChI is InChI=1S/C71H54N2/c1-47-23-32-59(33-24-47)72(61-36-28-51(29-37-61)58-30-39-64-63-38-25-48(2)41-67(63)71(3,4)68(64)46-58)60-34-26-50(27-35-60)57-31-40-70-66(45-57)65-21-8-9-22-69(65)73(70)62-20-12-19-56(44-62)55-18-11-17-54(43-55)53-16-10-15-52(42-53)49-13-6-5-7-14-49/h5-46H,1-4H3. The molecular weight excluding hydrogens is 881 g/mol. The van der Waals surface area contributed by atoms with Crippen LogP contribution in [0.4, 0.5) is 17.1 Å². The number of hydrogen-bond donors (Lipinski definition) is 0. The first-order valence-corrected chi connectivity index (χ1v) is 25.5. The number of rotatable bonds is 9. The van der Waals surface area contributed by atoms with Crippen LogP contribution in [0.2, 0.25) is 0 Å². The van der Waals surface area contributed by atoms with Crippen LogP contribution in [0.15, 0.2) is 255 Å². The first-order chi connectivity index (χ1) is 35.7. The average Bonchev–Trinajstić information content (AvgIpc) is 3.89. The summed E-state index contributed by atoms with van der Waals surface area (Å²) in [6.07, 6.45) is 0. The van der Waals surface area contributed by atoms with Crippen LogP contribution < -0.4 is 4.90 Å². The van der Waals surface area contributed by atoms with Crippen LogP contribution in [0, 0.1) is 13.8 Å². The zero-order chi connectivity index (χ0) is 49.2. The molecule has 1 aliphatic rings. The van der Waals surface area contributed by atoms with Crippen molar-refractivity contribution >= 4 is 38.9 Å². The summed E-state index contributed by atoms with van der Waals surface area (Å²) in [4.78, 5) is 2.36. The highest BCUT2D eigenvalue weighted by atomic mass is 15.1. The smallest absolute Gasteiger partial charge is 0.0541 e. The van der Waals surface area contributed by atoms with Crippen molar-refractivity contribution < 1.29 is 0 Å². The summed E-state index contributed by atoms with van der Waals surface area (Å²) in [6.45, 7) is 9.06. The predicted octanol–water partition coefficient (Wildman–Crippen LogP) is 19.5. The molecule has 1 heterocycles. The lowest BCUT2D eigenvalue weighted by molar-refractivity contribution is 0.660. The summed E-state index contributed by atoms with van der Waals surface area (Å²) in [7, 11) is 0. The van der Waals surface area contributed by atoms with Crippen molar-refractivity contribution in [2.24, 2.45) is 0 Å². The zero-order valence-electron chi connectivity index (χ0n) is 41.6. The van der Waals surface area contributed by atoms with Crippen LogP contribution in [0.1, 0.15) is 36.1 Å². The Morgan fingerprint density at radius 1 is 0.301 bits per heavy atom. The quantitative estimate of drug-likeness (QED) is 0.140. The van der Waals surface area contributed by atoms with E-state index in [1.54, 1.807) is 0 Å². The van der Waals surface area contributed by atoms with Crippen LogP contribution in [-0.4, -0.2) is 4.57 Å². The van der Waals surface area contributed by atoms with Gasteiger partial charge < -0.3 is 9.47 Å². The van der Waals surface area contributed by atoms with Crippen molar-refractivity contribution in [2.75, 3.05) is 4.90 Å². The van der Waals surface area contributed by atoms with Gasteiger partial charge in [-0.15, -0.1) is 0 Å². The predicted molar refractivity (Wildman–Crippen MR) is 310 cm³/mol. The molecule has 0 atom stereocenters. The minimum Gasteiger partial charge on any atom is -0.311 e. The highest BCUT2D eigenvalue weighted by molar-refractivity contribution is 6.10. The Bertz CT molecular complexity index is 4040. The zero-order valence-corrected chi connectivity index (χ0v) is 41.6. The van der Waals surface area contributed by atoms with E-state index >= 15 is 0 Å². The van der Waals surface area contributed by atoms with Gasteiger partial charge in [-0.1, -0.05) is 195 Å². The molecule has 2 nitrogen and oxygen atoms in total. The number of anilines is 3. The third-order valence-corrected chi connectivity index (χ3v) is 15.3. The Morgan fingerprint density at radius 3 is 1.37 bits per heavy atom. The van der Waals surface area contributed by atoms with Crippen LogP contribution in [-0.2, 0) is 5.41 Å². The second kappa shape index (κ2) is 17.7. The topological polar surface area (TPSA) is 8.17 Å². The van der Waals surface area contributed by atoms with Gasteiger partial charge in [-0.25, -0.2) is 0 Å². The first-order valence-electron chi connectivity index (χ1n) is 25.5. The number of nitrogens with zero attached hydrogens (tertiary/aromatic N) is 2. The van der Waals surface area contributed by atoms with Crippen LogP contribution in [0.25, 0.3) is 94.3 Å². The lowest BCUT2D eigenvalue weighted by Gasteiger charge is -2.26. The molecule has 0 spiro atoms. The van der Waals surface area contributed by atoms with Crippen LogP contribution in [0.5, 0.6) is 0 Å². The maximum atomic E-state index is 2.42. The molecule has 0 radical (unpaired) electrons. The third kappa shape index (κ3) is 7.84. The average molecular weight is 935 g/mol. The summed E-state index contributed by atoms with van der Waals surface area (Å²) in [5, 5.41) is 2.47. The SMILES string of the molecule is Cc1ccc(N(c2ccc(-c3ccc4c(c3)C(C)(C)c3cc(C)ccc3-4)cc2)c2ccc(-c3ccc4c(c3)c3ccccc3n4-c3cccc(-c4cccc(-c5cccc(-c6ccccc6)c5)c4)c3)cc2)cc1. The Balaban J connectivity index is 0.809. The maximum Gasteiger partial charge on any atom is 0.0541 e. The molecule has 0 aliphatic heterocycles. The molecule has 12 aromatic rings. The van der Waals surface area contributed by atoms with Crippen molar-refractivity contribution in [1.29, 1.82) is 0 Å². The molecule has 348 valence electrons. The fraction of sp³-hybridized carbons (Fsp3) is 0.0704. The Morgan fingerprint density at radius 2 is 0.726 bits per heavy atom. The van der Waals surface area contributed by atoms with Gasteiger partial charge in [0.1, 0.15) is 0 Å². The lowest BCUT2D eigenvalue weighted by Crippen LogP contribution is -2.15. The van der Waals surface area contributed by atoms with Gasteiger partial charge in [0.25, 0.3) is 0 Å². The number of hydrogen-bond acceptors (Lipinski definition) is 1. The van der Waals surface area contributed by atoms with E-state index in [0.717, 1.165) is 22.7 Å². The number of aryl methyl sites for hydroxylation is 2. The highest BCUT2D eigenvalue weighted by Gasteiger charge is 2.35. The van der Waals surface area contributed by atoms with E-state index in [1.165, 1.54) is 111 Å². The molecule has 0 unspecified atom stereocenters.